The molecule has 6 heteroatoms. The number of amides is 1. The number of nitrogens with zero attached hydrogens (tertiary/aromatic N) is 1. The first-order chi connectivity index (χ1) is 10.9. The van der Waals surface area contributed by atoms with E-state index >= 15 is 0 Å². The van der Waals surface area contributed by atoms with Gasteiger partial charge in [0.1, 0.15) is 0 Å². The molecule has 0 spiro atoms. The van der Waals surface area contributed by atoms with E-state index in [1.165, 1.54) is 12.8 Å². The van der Waals surface area contributed by atoms with Gasteiger partial charge in [-0.05, 0) is 51.1 Å². The molecule has 25 heavy (non-hydrogen) atoms. The maximum Gasteiger partial charge on any atom is 0.237 e. The molecule has 2 rings (SSSR count). The summed E-state index contributed by atoms with van der Waals surface area (Å²) in [4.78, 5) is 14.8. The second kappa shape index (κ2) is 11.0. The van der Waals surface area contributed by atoms with Crippen LogP contribution in [-0.2, 0) is 11.2 Å². The molecule has 2 atom stereocenters. The summed E-state index contributed by atoms with van der Waals surface area (Å²) in [5.74, 6) is 0.672. The standard InChI is InChI=1S/C19H31N3O.2ClH/c1-15-8-7-11-22(13-15)19(2,3)14-21-18(23)17(20)12-16-9-5-4-6-10-16;;/h4-6,9-10,15,17H,7-8,11-14,20H2,1-3H3,(H,21,23);2*1H. The lowest BCUT2D eigenvalue weighted by molar-refractivity contribution is -0.123. The number of likely N-dealkylation sites (tertiary alicyclic amines) is 1. The molecular weight excluding hydrogens is 357 g/mol. The van der Waals surface area contributed by atoms with E-state index in [0.29, 0.717) is 13.0 Å². The van der Waals surface area contributed by atoms with Crippen molar-refractivity contribution in [2.24, 2.45) is 11.7 Å². The summed E-state index contributed by atoms with van der Waals surface area (Å²) in [7, 11) is 0. The summed E-state index contributed by atoms with van der Waals surface area (Å²) in [6, 6.07) is 9.44. The van der Waals surface area contributed by atoms with Crippen LogP contribution in [0.2, 0.25) is 0 Å². The van der Waals surface area contributed by atoms with Gasteiger partial charge in [-0.2, -0.15) is 0 Å². The summed E-state index contributed by atoms with van der Waals surface area (Å²) in [5, 5.41) is 3.05. The summed E-state index contributed by atoms with van der Waals surface area (Å²) in [6.45, 7) is 9.57. The molecule has 0 radical (unpaired) electrons. The Labute approximate surface area is 164 Å². The largest absolute Gasteiger partial charge is 0.353 e. The second-order valence-electron chi connectivity index (χ2n) is 7.52. The number of rotatable bonds is 6. The van der Waals surface area contributed by atoms with Crippen LogP contribution in [-0.4, -0.2) is 42.0 Å². The summed E-state index contributed by atoms with van der Waals surface area (Å²) in [6.07, 6.45) is 3.13. The third-order valence-corrected chi connectivity index (χ3v) is 4.84. The fourth-order valence-electron chi connectivity index (χ4n) is 3.25. The van der Waals surface area contributed by atoms with Crippen molar-refractivity contribution < 1.29 is 4.79 Å². The van der Waals surface area contributed by atoms with Crippen LogP contribution in [0.15, 0.2) is 30.3 Å². The van der Waals surface area contributed by atoms with Crippen molar-refractivity contribution in [3.8, 4) is 0 Å². The minimum atomic E-state index is -0.492. The Balaban J connectivity index is 0.00000288. The van der Waals surface area contributed by atoms with Crippen LogP contribution < -0.4 is 11.1 Å². The molecule has 1 aliphatic rings. The number of carbonyl (C=O) groups excluding carboxylic acids is 1. The first kappa shape index (κ1) is 24.2. The Bertz CT molecular complexity index is 511. The Kier molecular flexibility index (Phi) is 10.7. The van der Waals surface area contributed by atoms with Crippen LogP contribution in [0, 0.1) is 5.92 Å². The lowest BCUT2D eigenvalue weighted by Crippen LogP contribution is -2.56. The highest BCUT2D eigenvalue weighted by molar-refractivity contribution is 5.85. The number of hydrogen-bond acceptors (Lipinski definition) is 3. The van der Waals surface area contributed by atoms with Gasteiger partial charge in [-0.3, -0.25) is 9.69 Å². The van der Waals surface area contributed by atoms with Gasteiger partial charge in [-0.25, -0.2) is 0 Å². The minimum Gasteiger partial charge on any atom is -0.353 e. The van der Waals surface area contributed by atoms with Gasteiger partial charge in [0.15, 0.2) is 0 Å². The third-order valence-electron chi connectivity index (χ3n) is 4.84. The smallest absolute Gasteiger partial charge is 0.237 e. The number of benzene rings is 1. The first-order valence-corrected chi connectivity index (χ1v) is 8.71. The van der Waals surface area contributed by atoms with E-state index in [-0.39, 0.29) is 36.3 Å². The van der Waals surface area contributed by atoms with Crippen molar-refractivity contribution >= 4 is 30.7 Å². The zero-order valence-electron chi connectivity index (χ0n) is 15.5. The summed E-state index contributed by atoms with van der Waals surface area (Å²) >= 11 is 0. The molecule has 144 valence electrons. The monoisotopic (exact) mass is 389 g/mol. The highest BCUT2D eigenvalue weighted by Crippen LogP contribution is 2.23. The average Bonchev–Trinajstić information content (AvgIpc) is 2.53. The zero-order chi connectivity index (χ0) is 16.9. The van der Waals surface area contributed by atoms with Gasteiger partial charge >= 0.3 is 0 Å². The van der Waals surface area contributed by atoms with Crippen molar-refractivity contribution in [2.75, 3.05) is 19.6 Å². The molecule has 2 unspecified atom stereocenters. The minimum absolute atomic E-state index is 0. The molecule has 1 aromatic carbocycles. The first-order valence-electron chi connectivity index (χ1n) is 8.71. The fraction of sp³-hybridized carbons (Fsp3) is 0.632. The lowest BCUT2D eigenvalue weighted by Gasteiger charge is -2.43. The number of carbonyl (C=O) groups is 1. The van der Waals surface area contributed by atoms with E-state index in [4.69, 9.17) is 5.73 Å². The van der Waals surface area contributed by atoms with Gasteiger partial charge in [-0.15, -0.1) is 24.8 Å². The molecule has 1 saturated heterocycles. The van der Waals surface area contributed by atoms with Gasteiger partial charge in [-0.1, -0.05) is 37.3 Å². The predicted octanol–water partition coefficient (Wildman–Crippen LogP) is 3.03. The van der Waals surface area contributed by atoms with Gasteiger partial charge < -0.3 is 11.1 Å². The van der Waals surface area contributed by atoms with Gasteiger partial charge in [0, 0.05) is 18.6 Å². The van der Waals surface area contributed by atoms with E-state index in [1.54, 1.807) is 0 Å². The summed E-state index contributed by atoms with van der Waals surface area (Å²) in [5.41, 5.74) is 7.12. The molecule has 3 N–H and O–H groups in total. The van der Waals surface area contributed by atoms with Crippen molar-refractivity contribution in [3.63, 3.8) is 0 Å². The van der Waals surface area contributed by atoms with Crippen LogP contribution >= 0.6 is 24.8 Å². The van der Waals surface area contributed by atoms with Crippen LogP contribution in [0.1, 0.15) is 39.2 Å². The maximum atomic E-state index is 12.3. The molecule has 1 heterocycles. The van der Waals surface area contributed by atoms with Crippen LogP contribution in [0.5, 0.6) is 0 Å². The van der Waals surface area contributed by atoms with E-state index in [0.717, 1.165) is 24.6 Å². The van der Waals surface area contributed by atoms with E-state index in [9.17, 15) is 4.79 Å². The van der Waals surface area contributed by atoms with Crippen molar-refractivity contribution in [3.05, 3.63) is 35.9 Å². The molecule has 0 aliphatic carbocycles. The molecule has 0 saturated carbocycles. The Hall–Kier alpha value is -0.810. The number of piperidine rings is 1. The van der Waals surface area contributed by atoms with Crippen LogP contribution in [0.25, 0.3) is 0 Å². The van der Waals surface area contributed by atoms with E-state index in [1.807, 2.05) is 30.3 Å². The highest BCUT2D eigenvalue weighted by atomic mass is 35.5. The van der Waals surface area contributed by atoms with E-state index < -0.39 is 6.04 Å². The molecule has 0 aromatic heterocycles. The van der Waals surface area contributed by atoms with Crippen molar-refractivity contribution in [2.45, 2.75) is 51.6 Å². The van der Waals surface area contributed by atoms with Crippen LogP contribution in [0.3, 0.4) is 0 Å². The molecule has 1 aromatic rings. The molecule has 1 amide bonds. The molecular formula is C19H33Cl2N3O. The average molecular weight is 390 g/mol. The van der Waals surface area contributed by atoms with Gasteiger partial charge in [0.05, 0.1) is 6.04 Å². The maximum absolute atomic E-state index is 12.3. The molecule has 1 aliphatic heterocycles. The van der Waals surface area contributed by atoms with Crippen LogP contribution in [0.4, 0.5) is 0 Å². The van der Waals surface area contributed by atoms with Crippen molar-refractivity contribution in [1.29, 1.82) is 0 Å². The number of nitrogens with two attached hydrogens (primary N) is 1. The molecule has 1 fully saturated rings. The van der Waals surface area contributed by atoms with Gasteiger partial charge in [0.25, 0.3) is 0 Å². The fourth-order valence-corrected chi connectivity index (χ4v) is 3.25. The Morgan fingerprint density at radius 2 is 1.96 bits per heavy atom. The molecule has 0 bridgehead atoms. The summed E-state index contributed by atoms with van der Waals surface area (Å²) < 4.78 is 0. The number of hydrogen-bond donors (Lipinski definition) is 2. The zero-order valence-corrected chi connectivity index (χ0v) is 17.2. The second-order valence-corrected chi connectivity index (χ2v) is 7.52. The lowest BCUT2D eigenvalue weighted by atomic mass is 9.93. The molecule has 4 nitrogen and oxygen atoms in total. The van der Waals surface area contributed by atoms with Crippen molar-refractivity contribution in [1.82, 2.24) is 10.2 Å². The van der Waals surface area contributed by atoms with Gasteiger partial charge in [0.2, 0.25) is 5.91 Å². The Morgan fingerprint density at radius 1 is 1.32 bits per heavy atom. The topological polar surface area (TPSA) is 58.4 Å². The highest BCUT2D eigenvalue weighted by Gasteiger charge is 2.30. The van der Waals surface area contributed by atoms with E-state index in [2.05, 4.69) is 31.0 Å². The quantitative estimate of drug-likeness (QED) is 0.785. The predicted molar refractivity (Wildman–Crippen MR) is 110 cm³/mol. The SMILES string of the molecule is CC1CCCN(C(C)(C)CNC(=O)C(N)Cc2ccccc2)C1.Cl.Cl. The number of nitrogens with one attached hydrogen (secondary N) is 1. The Morgan fingerprint density at radius 3 is 2.56 bits per heavy atom. The normalized spacial score (nSPS) is 19.3. The third kappa shape index (κ3) is 7.53. The number of halogens is 2.